The molecular formula is C13H17Cl2N3O2S. The zero-order valence-electron chi connectivity index (χ0n) is 11.5. The Kier molecular flexibility index (Phi) is 6.44. The Morgan fingerprint density at radius 2 is 2.19 bits per heavy atom. The van der Waals surface area contributed by atoms with Crippen LogP contribution in [0, 0.1) is 11.3 Å². The van der Waals surface area contributed by atoms with E-state index >= 15 is 0 Å². The van der Waals surface area contributed by atoms with Crippen LogP contribution in [0.3, 0.4) is 0 Å². The fourth-order valence-corrected chi connectivity index (χ4v) is 4.01. The van der Waals surface area contributed by atoms with Gasteiger partial charge in [0.15, 0.2) is 0 Å². The molecule has 0 aromatic heterocycles. The summed E-state index contributed by atoms with van der Waals surface area (Å²) in [4.78, 5) is 0.121. The van der Waals surface area contributed by atoms with E-state index in [4.69, 9.17) is 16.9 Å². The van der Waals surface area contributed by atoms with Crippen LogP contribution in [-0.4, -0.2) is 38.9 Å². The Labute approximate surface area is 136 Å². The number of nitrogens with zero attached hydrogens (tertiary/aromatic N) is 2. The molecular weight excluding hydrogens is 333 g/mol. The van der Waals surface area contributed by atoms with Crippen molar-refractivity contribution in [1.29, 1.82) is 5.26 Å². The molecule has 8 heteroatoms. The van der Waals surface area contributed by atoms with E-state index in [2.05, 4.69) is 5.32 Å². The smallest absolute Gasteiger partial charge is 0.243 e. The number of benzene rings is 1. The number of sulfonamides is 1. The fourth-order valence-electron chi connectivity index (χ4n) is 2.30. The number of halogens is 2. The summed E-state index contributed by atoms with van der Waals surface area (Å²) in [5, 5.41) is 12.3. The Morgan fingerprint density at radius 1 is 1.48 bits per heavy atom. The van der Waals surface area contributed by atoms with E-state index in [-0.39, 0.29) is 33.9 Å². The van der Waals surface area contributed by atoms with Crippen LogP contribution < -0.4 is 5.32 Å². The lowest BCUT2D eigenvalue weighted by atomic mass is 10.1. The van der Waals surface area contributed by atoms with Crippen molar-refractivity contribution in [3.05, 3.63) is 28.8 Å². The molecule has 21 heavy (non-hydrogen) atoms. The topological polar surface area (TPSA) is 73.2 Å². The van der Waals surface area contributed by atoms with Crippen molar-refractivity contribution >= 4 is 34.0 Å². The maximum Gasteiger partial charge on any atom is 0.243 e. The number of rotatable bonds is 3. The molecule has 5 nitrogen and oxygen atoms in total. The van der Waals surface area contributed by atoms with Crippen LogP contribution in [0.5, 0.6) is 0 Å². The van der Waals surface area contributed by atoms with Gasteiger partial charge in [-0.3, -0.25) is 0 Å². The molecule has 1 heterocycles. The van der Waals surface area contributed by atoms with Crippen LogP contribution in [0.2, 0.25) is 5.02 Å². The summed E-state index contributed by atoms with van der Waals surface area (Å²) in [6.45, 7) is 0.953. The lowest BCUT2D eigenvalue weighted by Gasteiger charge is -2.31. The van der Waals surface area contributed by atoms with Crippen molar-refractivity contribution in [2.45, 2.75) is 23.8 Å². The molecule has 1 saturated heterocycles. The molecule has 116 valence electrons. The maximum atomic E-state index is 12.6. The first-order valence-corrected chi connectivity index (χ1v) is 8.18. The van der Waals surface area contributed by atoms with Gasteiger partial charge in [0.2, 0.25) is 10.0 Å². The van der Waals surface area contributed by atoms with Crippen LogP contribution in [0.1, 0.15) is 18.4 Å². The normalized spacial score (nSPS) is 19.6. The minimum atomic E-state index is -3.57. The van der Waals surface area contributed by atoms with Crippen molar-refractivity contribution in [3.63, 3.8) is 0 Å². The molecule has 2 rings (SSSR count). The average molecular weight is 350 g/mol. The second kappa shape index (κ2) is 7.43. The van der Waals surface area contributed by atoms with E-state index in [1.165, 1.54) is 22.5 Å². The van der Waals surface area contributed by atoms with E-state index in [0.717, 1.165) is 12.8 Å². The second-order valence-electron chi connectivity index (χ2n) is 4.74. The Balaban J connectivity index is 0.00000220. The van der Waals surface area contributed by atoms with E-state index in [0.29, 0.717) is 13.1 Å². The highest BCUT2D eigenvalue weighted by Gasteiger charge is 2.30. The molecule has 0 saturated carbocycles. The van der Waals surface area contributed by atoms with Gasteiger partial charge in [-0.15, -0.1) is 12.4 Å². The molecule has 0 bridgehead atoms. The zero-order valence-corrected chi connectivity index (χ0v) is 13.9. The van der Waals surface area contributed by atoms with Gasteiger partial charge in [0, 0.05) is 19.1 Å². The first-order valence-electron chi connectivity index (χ1n) is 6.36. The van der Waals surface area contributed by atoms with E-state index in [1.54, 1.807) is 0 Å². The predicted molar refractivity (Wildman–Crippen MR) is 84.3 cm³/mol. The first kappa shape index (κ1) is 18.2. The van der Waals surface area contributed by atoms with Gasteiger partial charge < -0.3 is 5.32 Å². The number of nitriles is 1. The van der Waals surface area contributed by atoms with Gasteiger partial charge in [-0.05, 0) is 38.1 Å². The largest absolute Gasteiger partial charge is 0.316 e. The van der Waals surface area contributed by atoms with Gasteiger partial charge in [0.05, 0.1) is 15.5 Å². The highest BCUT2D eigenvalue weighted by Crippen LogP contribution is 2.24. The molecule has 1 aromatic carbocycles. The van der Waals surface area contributed by atoms with Crippen molar-refractivity contribution in [1.82, 2.24) is 9.62 Å². The van der Waals surface area contributed by atoms with E-state index < -0.39 is 10.0 Å². The summed E-state index contributed by atoms with van der Waals surface area (Å²) in [6.07, 6.45) is 1.79. The van der Waals surface area contributed by atoms with Crippen LogP contribution in [0.15, 0.2) is 23.1 Å². The molecule has 1 atom stereocenters. The Hall–Kier alpha value is -0.840. The highest BCUT2D eigenvalue weighted by atomic mass is 35.5. The molecule has 1 N–H and O–H groups in total. The van der Waals surface area contributed by atoms with Gasteiger partial charge in [-0.2, -0.15) is 9.57 Å². The molecule has 1 aliphatic heterocycles. The van der Waals surface area contributed by atoms with Gasteiger partial charge in [0.1, 0.15) is 6.07 Å². The summed E-state index contributed by atoms with van der Waals surface area (Å²) in [7, 11) is -1.74. The number of piperidine rings is 1. The number of hydrogen-bond donors (Lipinski definition) is 1. The molecule has 0 amide bonds. The average Bonchev–Trinajstić information content (AvgIpc) is 2.47. The fraction of sp³-hybridized carbons (Fsp3) is 0.462. The lowest BCUT2D eigenvalue weighted by molar-refractivity contribution is 0.293. The third-order valence-corrected chi connectivity index (χ3v) is 5.68. The summed E-state index contributed by atoms with van der Waals surface area (Å²) in [6, 6.07) is 6.30. The van der Waals surface area contributed by atoms with Gasteiger partial charge >= 0.3 is 0 Å². The zero-order chi connectivity index (χ0) is 14.8. The van der Waals surface area contributed by atoms with Crippen molar-refractivity contribution in [2.75, 3.05) is 20.1 Å². The van der Waals surface area contributed by atoms with Crippen LogP contribution in [0.4, 0.5) is 0 Å². The Morgan fingerprint density at radius 3 is 2.81 bits per heavy atom. The summed E-state index contributed by atoms with van der Waals surface area (Å²) >= 11 is 5.84. The van der Waals surface area contributed by atoms with Crippen molar-refractivity contribution in [2.24, 2.45) is 0 Å². The summed E-state index contributed by atoms with van der Waals surface area (Å²) in [5.74, 6) is 0. The predicted octanol–water partition coefficient (Wildman–Crippen LogP) is 2.01. The molecule has 0 spiro atoms. The minimum absolute atomic E-state index is 0. The standard InChI is InChI=1S/C13H16ClN3O2S.ClH/c1-16-11-3-2-6-17(9-11)20(18,19)12-4-5-13(14)10(7-12)8-15;/h4-5,7,11,16H,2-3,6,9H2,1H3;1H. The third-order valence-electron chi connectivity index (χ3n) is 3.49. The lowest BCUT2D eigenvalue weighted by Crippen LogP contribution is -2.46. The van der Waals surface area contributed by atoms with E-state index in [1.807, 2.05) is 13.1 Å². The molecule has 1 aromatic rings. The van der Waals surface area contributed by atoms with Crippen molar-refractivity contribution in [3.8, 4) is 6.07 Å². The molecule has 0 radical (unpaired) electrons. The molecule has 1 unspecified atom stereocenters. The van der Waals surface area contributed by atoms with Crippen LogP contribution in [-0.2, 0) is 10.0 Å². The van der Waals surface area contributed by atoms with E-state index in [9.17, 15) is 8.42 Å². The number of hydrogen-bond acceptors (Lipinski definition) is 4. The monoisotopic (exact) mass is 349 g/mol. The molecule has 1 fully saturated rings. The maximum absolute atomic E-state index is 12.6. The van der Waals surface area contributed by atoms with Gasteiger partial charge in [-0.25, -0.2) is 8.42 Å². The number of likely N-dealkylation sites (N-methyl/N-ethyl adjacent to an activating group) is 1. The quantitative estimate of drug-likeness (QED) is 0.905. The highest BCUT2D eigenvalue weighted by molar-refractivity contribution is 7.89. The molecule has 0 aliphatic carbocycles. The third kappa shape index (κ3) is 3.87. The summed E-state index contributed by atoms with van der Waals surface area (Å²) < 4.78 is 26.6. The van der Waals surface area contributed by atoms with Crippen LogP contribution in [0.25, 0.3) is 0 Å². The number of nitrogens with one attached hydrogen (secondary N) is 1. The Bertz CT molecular complexity index is 643. The minimum Gasteiger partial charge on any atom is -0.316 e. The van der Waals surface area contributed by atoms with Gasteiger partial charge in [0.25, 0.3) is 0 Å². The SMILES string of the molecule is CNC1CCCN(S(=O)(=O)c2ccc(Cl)c(C#N)c2)C1.Cl. The molecule has 1 aliphatic rings. The van der Waals surface area contributed by atoms with Gasteiger partial charge in [-0.1, -0.05) is 11.6 Å². The first-order chi connectivity index (χ1) is 9.48. The van der Waals surface area contributed by atoms with Crippen LogP contribution >= 0.6 is 24.0 Å². The summed E-state index contributed by atoms with van der Waals surface area (Å²) in [5.41, 5.74) is 0.176. The second-order valence-corrected chi connectivity index (χ2v) is 7.09. The van der Waals surface area contributed by atoms with Crippen molar-refractivity contribution < 1.29 is 8.42 Å².